The highest BCUT2D eigenvalue weighted by Gasteiger charge is 1.96. The maximum atomic E-state index is 12.4. The molecule has 0 bridgehead atoms. The molecule has 3 heteroatoms. The lowest BCUT2D eigenvalue weighted by Gasteiger charge is -1.95. The van der Waals surface area contributed by atoms with Gasteiger partial charge in [0.1, 0.15) is 12.1 Å². The standard InChI is InChI=1S/C9H6ClFO.2C2H6/c10-9(5-6-12)7-1-3-8(11)4-2-7;2*1-2/h1-6H;2*1-2H3/b9-5-;;. The van der Waals surface area contributed by atoms with Crippen molar-refractivity contribution in [3.63, 3.8) is 0 Å². The van der Waals surface area contributed by atoms with Gasteiger partial charge in [0.2, 0.25) is 0 Å². The van der Waals surface area contributed by atoms with Crippen molar-refractivity contribution >= 4 is 22.9 Å². The summed E-state index contributed by atoms with van der Waals surface area (Å²) < 4.78 is 12.4. The van der Waals surface area contributed by atoms with E-state index < -0.39 is 0 Å². The molecule has 0 aliphatic carbocycles. The first-order valence-corrected chi connectivity index (χ1v) is 5.69. The van der Waals surface area contributed by atoms with E-state index in [4.69, 9.17) is 11.6 Å². The van der Waals surface area contributed by atoms with E-state index in [1.165, 1.54) is 30.3 Å². The van der Waals surface area contributed by atoms with Crippen molar-refractivity contribution in [1.82, 2.24) is 0 Å². The second-order valence-corrected chi connectivity index (χ2v) is 2.56. The van der Waals surface area contributed by atoms with Crippen LogP contribution in [-0.4, -0.2) is 6.29 Å². The van der Waals surface area contributed by atoms with Gasteiger partial charge >= 0.3 is 0 Å². The summed E-state index contributed by atoms with van der Waals surface area (Å²) in [7, 11) is 0. The van der Waals surface area contributed by atoms with Crippen molar-refractivity contribution in [3.8, 4) is 0 Å². The fraction of sp³-hybridized carbons (Fsp3) is 0.308. The maximum Gasteiger partial charge on any atom is 0.144 e. The van der Waals surface area contributed by atoms with E-state index in [2.05, 4.69) is 0 Å². The third-order valence-corrected chi connectivity index (χ3v) is 1.68. The number of halogens is 2. The molecular formula is C13H18ClFO. The largest absolute Gasteiger partial charge is 0.299 e. The van der Waals surface area contributed by atoms with Crippen LogP contribution in [0.3, 0.4) is 0 Å². The van der Waals surface area contributed by atoms with Crippen molar-refractivity contribution in [2.45, 2.75) is 27.7 Å². The van der Waals surface area contributed by atoms with Gasteiger partial charge in [-0.25, -0.2) is 4.39 Å². The van der Waals surface area contributed by atoms with Crippen molar-refractivity contribution in [2.75, 3.05) is 0 Å². The van der Waals surface area contributed by atoms with Gasteiger partial charge in [0.25, 0.3) is 0 Å². The lowest BCUT2D eigenvalue weighted by molar-refractivity contribution is -0.104. The molecule has 0 saturated heterocycles. The molecule has 0 unspecified atom stereocenters. The fourth-order valence-electron chi connectivity index (χ4n) is 0.765. The molecule has 1 aromatic rings. The van der Waals surface area contributed by atoms with Gasteiger partial charge < -0.3 is 0 Å². The minimum Gasteiger partial charge on any atom is -0.299 e. The summed E-state index contributed by atoms with van der Waals surface area (Å²) in [5.74, 6) is -0.325. The third kappa shape index (κ3) is 7.18. The number of allylic oxidation sites excluding steroid dienone is 1. The van der Waals surface area contributed by atoms with Crippen LogP contribution in [0.4, 0.5) is 4.39 Å². The zero-order valence-electron chi connectivity index (χ0n) is 10.1. The van der Waals surface area contributed by atoms with Crippen LogP contribution in [0.25, 0.3) is 5.03 Å². The Morgan fingerprint density at radius 1 is 1.12 bits per heavy atom. The zero-order valence-corrected chi connectivity index (χ0v) is 10.9. The molecule has 0 aliphatic rings. The van der Waals surface area contributed by atoms with Crippen LogP contribution >= 0.6 is 11.6 Å². The van der Waals surface area contributed by atoms with E-state index in [-0.39, 0.29) is 5.82 Å². The molecule has 0 aromatic heterocycles. The molecule has 0 amide bonds. The molecule has 0 saturated carbocycles. The van der Waals surface area contributed by atoms with Crippen LogP contribution in [0.2, 0.25) is 0 Å². The Morgan fingerprint density at radius 2 is 1.56 bits per heavy atom. The van der Waals surface area contributed by atoms with Gasteiger partial charge in [0.05, 0.1) is 5.03 Å². The number of hydrogen-bond acceptors (Lipinski definition) is 1. The molecule has 1 rings (SSSR count). The molecule has 1 aromatic carbocycles. The van der Waals surface area contributed by atoms with E-state index in [0.717, 1.165) is 0 Å². The molecular weight excluding hydrogens is 227 g/mol. The number of rotatable bonds is 2. The molecule has 0 radical (unpaired) electrons. The Labute approximate surface area is 102 Å². The topological polar surface area (TPSA) is 17.1 Å². The Bertz CT molecular complexity index is 304. The summed E-state index contributed by atoms with van der Waals surface area (Å²) in [6, 6.07) is 5.60. The van der Waals surface area contributed by atoms with Gasteiger partial charge in [-0.15, -0.1) is 0 Å². The average molecular weight is 245 g/mol. The van der Waals surface area contributed by atoms with E-state index in [9.17, 15) is 9.18 Å². The maximum absolute atomic E-state index is 12.4. The molecule has 0 fully saturated rings. The first-order valence-electron chi connectivity index (χ1n) is 5.31. The van der Waals surface area contributed by atoms with Crippen LogP contribution in [0, 0.1) is 5.82 Å². The summed E-state index contributed by atoms with van der Waals surface area (Å²) >= 11 is 5.67. The predicted molar refractivity (Wildman–Crippen MR) is 69.0 cm³/mol. The van der Waals surface area contributed by atoms with Crippen LogP contribution in [0.5, 0.6) is 0 Å². The van der Waals surface area contributed by atoms with Crippen LogP contribution in [-0.2, 0) is 4.79 Å². The molecule has 16 heavy (non-hydrogen) atoms. The monoisotopic (exact) mass is 244 g/mol. The molecule has 0 heterocycles. The van der Waals surface area contributed by atoms with Gasteiger partial charge in [-0.3, -0.25) is 4.79 Å². The van der Waals surface area contributed by atoms with Crippen molar-refractivity contribution in [1.29, 1.82) is 0 Å². The molecule has 90 valence electrons. The molecule has 0 N–H and O–H groups in total. The predicted octanol–water partition coefficient (Wildman–Crippen LogP) is 4.66. The summed E-state index contributed by atoms with van der Waals surface area (Å²) in [4.78, 5) is 10.0. The summed E-state index contributed by atoms with van der Waals surface area (Å²) in [6.45, 7) is 8.00. The molecule has 0 spiro atoms. The summed E-state index contributed by atoms with van der Waals surface area (Å²) in [5.41, 5.74) is 0.630. The fourth-order valence-corrected chi connectivity index (χ4v) is 0.942. The quantitative estimate of drug-likeness (QED) is 0.546. The highest BCUT2D eigenvalue weighted by atomic mass is 35.5. The normalized spacial score (nSPS) is 9.25. The Morgan fingerprint density at radius 3 is 1.94 bits per heavy atom. The van der Waals surface area contributed by atoms with Crippen LogP contribution < -0.4 is 0 Å². The van der Waals surface area contributed by atoms with Crippen molar-refractivity contribution in [3.05, 3.63) is 41.7 Å². The first kappa shape index (κ1) is 17.3. The number of hydrogen-bond donors (Lipinski definition) is 0. The van der Waals surface area contributed by atoms with Gasteiger partial charge in [-0.2, -0.15) is 0 Å². The lowest BCUT2D eigenvalue weighted by atomic mass is 10.2. The third-order valence-electron chi connectivity index (χ3n) is 1.33. The summed E-state index contributed by atoms with van der Waals surface area (Å²) in [5, 5.41) is 0.310. The van der Waals surface area contributed by atoms with E-state index in [0.29, 0.717) is 16.9 Å². The van der Waals surface area contributed by atoms with Crippen LogP contribution in [0.15, 0.2) is 30.3 Å². The Kier molecular flexibility index (Phi) is 12.9. The number of carbonyl (C=O) groups excluding carboxylic acids is 1. The van der Waals surface area contributed by atoms with Crippen LogP contribution in [0.1, 0.15) is 33.3 Å². The second-order valence-electron chi connectivity index (χ2n) is 2.16. The van der Waals surface area contributed by atoms with Gasteiger partial charge in [0, 0.05) is 0 Å². The van der Waals surface area contributed by atoms with E-state index >= 15 is 0 Å². The number of aldehydes is 1. The SMILES string of the molecule is CC.CC.O=C/C=C(\Cl)c1ccc(F)cc1. The minimum atomic E-state index is -0.325. The van der Waals surface area contributed by atoms with E-state index in [1.54, 1.807) is 0 Å². The van der Waals surface area contributed by atoms with Gasteiger partial charge in [-0.1, -0.05) is 51.4 Å². The molecule has 0 atom stereocenters. The van der Waals surface area contributed by atoms with Gasteiger partial charge in [0.15, 0.2) is 0 Å². The second kappa shape index (κ2) is 11.9. The van der Waals surface area contributed by atoms with Gasteiger partial charge in [-0.05, 0) is 23.8 Å². The number of carbonyl (C=O) groups is 1. The Balaban J connectivity index is 0. The highest BCUT2D eigenvalue weighted by molar-refractivity contribution is 6.49. The smallest absolute Gasteiger partial charge is 0.144 e. The zero-order chi connectivity index (χ0) is 13.0. The van der Waals surface area contributed by atoms with Crippen molar-refractivity contribution in [2.24, 2.45) is 0 Å². The molecule has 1 nitrogen and oxygen atoms in total. The minimum absolute atomic E-state index is 0.310. The summed E-state index contributed by atoms with van der Waals surface area (Å²) in [6.07, 6.45) is 1.81. The molecule has 0 aliphatic heterocycles. The number of benzene rings is 1. The Hall–Kier alpha value is -1.15. The average Bonchev–Trinajstić information content (AvgIpc) is 2.35. The lowest BCUT2D eigenvalue weighted by Crippen LogP contribution is -1.78. The first-order chi connectivity index (χ1) is 7.74. The van der Waals surface area contributed by atoms with Crippen molar-refractivity contribution < 1.29 is 9.18 Å². The van der Waals surface area contributed by atoms with E-state index in [1.807, 2.05) is 27.7 Å². The highest BCUT2D eigenvalue weighted by Crippen LogP contribution is 2.17.